The first-order valence-corrected chi connectivity index (χ1v) is 9.58. The molecule has 4 nitrogen and oxygen atoms in total. The highest BCUT2D eigenvalue weighted by molar-refractivity contribution is 7.99. The van der Waals surface area contributed by atoms with E-state index in [0.29, 0.717) is 0 Å². The van der Waals surface area contributed by atoms with Gasteiger partial charge in [0.25, 0.3) is 0 Å². The van der Waals surface area contributed by atoms with Gasteiger partial charge in [0.15, 0.2) is 0 Å². The van der Waals surface area contributed by atoms with E-state index in [1.165, 1.54) is 24.2 Å². The Kier molecular flexibility index (Phi) is 4.74. The second-order valence-electron chi connectivity index (χ2n) is 6.41. The van der Waals surface area contributed by atoms with E-state index in [4.69, 9.17) is 4.98 Å². The normalized spacial score (nSPS) is 14.7. The fourth-order valence-electron chi connectivity index (χ4n) is 3.15. The standard InChI is InChI=1S/C20H22N4S/c1-23-13-10-17(15-23)25-18-14-21-20(24-11-6-3-7-12-24)22-19(18)16-8-4-2-5-9-16/h2,4-5,8-10,13-15H,3,6-7,11-12H2,1H3. The lowest BCUT2D eigenvalue weighted by molar-refractivity contribution is 0.568. The third-order valence-electron chi connectivity index (χ3n) is 4.46. The highest BCUT2D eigenvalue weighted by Crippen LogP contribution is 2.35. The molecule has 2 aromatic heterocycles. The number of hydrogen-bond acceptors (Lipinski definition) is 4. The molecule has 0 N–H and O–H groups in total. The lowest BCUT2D eigenvalue weighted by Gasteiger charge is -2.27. The molecule has 1 aliphatic heterocycles. The van der Waals surface area contributed by atoms with Crippen LogP contribution in [0.3, 0.4) is 0 Å². The summed E-state index contributed by atoms with van der Waals surface area (Å²) in [6, 6.07) is 12.5. The second-order valence-corrected chi connectivity index (χ2v) is 7.53. The minimum absolute atomic E-state index is 0.857. The van der Waals surface area contributed by atoms with Gasteiger partial charge < -0.3 is 9.47 Å². The van der Waals surface area contributed by atoms with E-state index < -0.39 is 0 Å². The molecule has 25 heavy (non-hydrogen) atoms. The summed E-state index contributed by atoms with van der Waals surface area (Å²) in [4.78, 5) is 14.2. The van der Waals surface area contributed by atoms with Crippen molar-refractivity contribution < 1.29 is 0 Å². The van der Waals surface area contributed by atoms with Gasteiger partial charge in [0, 0.05) is 49.2 Å². The van der Waals surface area contributed by atoms with Gasteiger partial charge in [0.2, 0.25) is 5.95 Å². The van der Waals surface area contributed by atoms with Gasteiger partial charge in [-0.05, 0) is 25.3 Å². The Morgan fingerprint density at radius 2 is 1.80 bits per heavy atom. The van der Waals surface area contributed by atoms with Crippen LogP contribution in [0.2, 0.25) is 0 Å². The number of benzene rings is 1. The van der Waals surface area contributed by atoms with Gasteiger partial charge in [-0.1, -0.05) is 42.1 Å². The van der Waals surface area contributed by atoms with Gasteiger partial charge in [0.05, 0.1) is 10.6 Å². The Bertz CT molecular complexity index is 838. The van der Waals surface area contributed by atoms with E-state index in [1.807, 2.05) is 19.3 Å². The van der Waals surface area contributed by atoms with Gasteiger partial charge >= 0.3 is 0 Å². The highest BCUT2D eigenvalue weighted by Gasteiger charge is 2.17. The molecular weight excluding hydrogens is 328 g/mol. The van der Waals surface area contributed by atoms with Gasteiger partial charge in [-0.3, -0.25) is 0 Å². The average molecular weight is 350 g/mol. The average Bonchev–Trinajstić information content (AvgIpc) is 3.08. The summed E-state index contributed by atoms with van der Waals surface area (Å²) < 4.78 is 2.06. The van der Waals surface area contributed by atoms with Crippen molar-refractivity contribution in [2.45, 2.75) is 29.1 Å². The predicted molar refractivity (Wildman–Crippen MR) is 103 cm³/mol. The van der Waals surface area contributed by atoms with E-state index in [9.17, 15) is 0 Å². The SMILES string of the molecule is Cn1ccc(Sc2cnc(N3CCCCC3)nc2-c2ccccc2)c1. The zero-order valence-corrected chi connectivity index (χ0v) is 15.2. The van der Waals surface area contributed by atoms with Crippen LogP contribution in [0, 0.1) is 0 Å². The number of aromatic nitrogens is 3. The summed E-state index contributed by atoms with van der Waals surface area (Å²) >= 11 is 1.72. The molecule has 1 aromatic carbocycles. The van der Waals surface area contributed by atoms with Gasteiger partial charge in [-0.2, -0.15) is 0 Å². The smallest absolute Gasteiger partial charge is 0.225 e. The Hall–Kier alpha value is -2.27. The first-order valence-electron chi connectivity index (χ1n) is 8.77. The van der Waals surface area contributed by atoms with E-state index in [0.717, 1.165) is 35.2 Å². The van der Waals surface area contributed by atoms with Crippen LogP contribution in [0.15, 0.2) is 64.8 Å². The maximum absolute atomic E-state index is 4.96. The number of anilines is 1. The molecule has 0 amide bonds. The zero-order chi connectivity index (χ0) is 17.1. The van der Waals surface area contributed by atoms with Gasteiger partial charge in [-0.15, -0.1) is 0 Å². The third kappa shape index (κ3) is 3.71. The van der Waals surface area contributed by atoms with Crippen LogP contribution >= 0.6 is 11.8 Å². The summed E-state index contributed by atoms with van der Waals surface area (Å²) in [6.07, 6.45) is 9.93. The molecule has 0 bridgehead atoms. The minimum atomic E-state index is 0.857. The molecule has 0 aliphatic carbocycles. The van der Waals surface area contributed by atoms with E-state index >= 15 is 0 Å². The number of rotatable bonds is 4. The van der Waals surface area contributed by atoms with Crippen LogP contribution in [0.4, 0.5) is 5.95 Å². The molecule has 0 radical (unpaired) electrons. The molecule has 4 rings (SSSR count). The zero-order valence-electron chi connectivity index (χ0n) is 14.4. The van der Waals surface area contributed by atoms with Crippen molar-refractivity contribution in [2.75, 3.05) is 18.0 Å². The van der Waals surface area contributed by atoms with Crippen LogP contribution in [0.1, 0.15) is 19.3 Å². The highest BCUT2D eigenvalue weighted by atomic mass is 32.2. The van der Waals surface area contributed by atoms with Crippen LogP contribution in [0.25, 0.3) is 11.3 Å². The maximum atomic E-state index is 4.96. The topological polar surface area (TPSA) is 34.0 Å². The van der Waals surface area contributed by atoms with Crippen LogP contribution in [0.5, 0.6) is 0 Å². The van der Waals surface area contributed by atoms with Crippen molar-refractivity contribution in [1.29, 1.82) is 0 Å². The number of piperidine rings is 1. The van der Waals surface area contributed by atoms with Crippen molar-refractivity contribution >= 4 is 17.7 Å². The third-order valence-corrected chi connectivity index (χ3v) is 5.46. The fraction of sp³-hybridized carbons (Fsp3) is 0.300. The lowest BCUT2D eigenvalue weighted by Crippen LogP contribution is -2.31. The molecule has 5 heteroatoms. The molecule has 3 heterocycles. The molecule has 1 aliphatic rings. The monoisotopic (exact) mass is 350 g/mol. The summed E-state index contributed by atoms with van der Waals surface area (Å²) in [7, 11) is 2.04. The molecule has 0 atom stereocenters. The Morgan fingerprint density at radius 1 is 1.00 bits per heavy atom. The number of aryl methyl sites for hydroxylation is 1. The number of hydrogen-bond donors (Lipinski definition) is 0. The molecular formula is C20H22N4S. The Labute approximate surface area is 152 Å². The van der Waals surface area contributed by atoms with Crippen molar-refractivity contribution in [3.05, 3.63) is 55.0 Å². The lowest BCUT2D eigenvalue weighted by atomic mass is 10.1. The van der Waals surface area contributed by atoms with Gasteiger partial charge in [0.1, 0.15) is 0 Å². The molecule has 0 unspecified atom stereocenters. The fourth-order valence-corrected chi connectivity index (χ4v) is 4.12. The van der Waals surface area contributed by atoms with E-state index in [-0.39, 0.29) is 0 Å². The van der Waals surface area contributed by atoms with Crippen LogP contribution in [-0.2, 0) is 7.05 Å². The quantitative estimate of drug-likeness (QED) is 0.687. The Morgan fingerprint density at radius 3 is 2.52 bits per heavy atom. The van der Waals surface area contributed by atoms with E-state index in [1.54, 1.807) is 11.8 Å². The summed E-state index contributed by atoms with van der Waals surface area (Å²) in [5.41, 5.74) is 2.16. The summed E-state index contributed by atoms with van der Waals surface area (Å²) in [6.45, 7) is 2.11. The van der Waals surface area contributed by atoms with Crippen molar-refractivity contribution in [3.63, 3.8) is 0 Å². The minimum Gasteiger partial charge on any atom is -0.356 e. The van der Waals surface area contributed by atoms with E-state index in [2.05, 4.69) is 57.2 Å². The molecule has 1 fully saturated rings. The van der Waals surface area contributed by atoms with Crippen LogP contribution in [-0.4, -0.2) is 27.6 Å². The van der Waals surface area contributed by atoms with Crippen LogP contribution < -0.4 is 4.90 Å². The maximum Gasteiger partial charge on any atom is 0.225 e. The molecule has 0 saturated carbocycles. The van der Waals surface area contributed by atoms with Crippen molar-refractivity contribution in [3.8, 4) is 11.3 Å². The number of nitrogens with zero attached hydrogens (tertiary/aromatic N) is 4. The molecule has 128 valence electrons. The largest absolute Gasteiger partial charge is 0.356 e. The second kappa shape index (κ2) is 7.31. The first-order chi connectivity index (χ1) is 12.3. The Balaban J connectivity index is 1.72. The van der Waals surface area contributed by atoms with Crippen molar-refractivity contribution in [1.82, 2.24) is 14.5 Å². The molecule has 0 spiro atoms. The summed E-state index contributed by atoms with van der Waals surface area (Å²) in [5.74, 6) is 0.857. The predicted octanol–water partition coefficient (Wildman–Crippen LogP) is 4.62. The van der Waals surface area contributed by atoms with Gasteiger partial charge in [-0.25, -0.2) is 9.97 Å². The molecule has 3 aromatic rings. The first kappa shape index (κ1) is 16.2. The summed E-state index contributed by atoms with van der Waals surface area (Å²) in [5, 5.41) is 0. The molecule has 1 saturated heterocycles. The van der Waals surface area contributed by atoms with Crippen molar-refractivity contribution in [2.24, 2.45) is 7.05 Å².